The van der Waals surface area contributed by atoms with Crippen molar-refractivity contribution in [2.75, 3.05) is 0 Å². The molecule has 0 aliphatic rings. The maximum atomic E-state index is 13.0. The van der Waals surface area contributed by atoms with Gasteiger partial charge in [0.1, 0.15) is 5.82 Å². The van der Waals surface area contributed by atoms with Gasteiger partial charge in [-0.2, -0.15) is 0 Å². The number of nitrogens with zero attached hydrogens (tertiary/aromatic N) is 1. The Morgan fingerprint density at radius 1 is 0.850 bits per heavy atom. The van der Waals surface area contributed by atoms with Gasteiger partial charge < -0.3 is 0 Å². The first-order valence-corrected chi connectivity index (χ1v) is 6.28. The molecule has 0 saturated carbocycles. The second-order valence-electron chi connectivity index (χ2n) is 4.73. The Kier molecular flexibility index (Phi) is 4.05. The van der Waals surface area contributed by atoms with Gasteiger partial charge in [0.15, 0.2) is 0 Å². The number of benzene rings is 2. The second kappa shape index (κ2) is 5.59. The number of hydrogen-bond donors (Lipinski definition) is 0. The third kappa shape index (κ3) is 2.39. The van der Waals surface area contributed by atoms with Gasteiger partial charge in [-0.05, 0) is 55.3 Å². The van der Waals surface area contributed by atoms with Crippen LogP contribution in [0.25, 0.3) is 22.2 Å². The van der Waals surface area contributed by atoms with Gasteiger partial charge in [0.2, 0.25) is 0 Å². The average molecular weight is 288 g/mol. The molecule has 0 aliphatic carbocycles. The fraction of sp³-hybridized carbons (Fsp3) is 0.118. The van der Waals surface area contributed by atoms with E-state index in [-0.39, 0.29) is 18.2 Å². The van der Waals surface area contributed by atoms with E-state index >= 15 is 0 Å². The zero-order chi connectivity index (χ0) is 13.4. The molecule has 102 valence electrons. The van der Waals surface area contributed by atoms with Crippen LogP contribution in [0.2, 0.25) is 0 Å². The Morgan fingerprint density at radius 3 is 2.20 bits per heavy atom. The van der Waals surface area contributed by atoms with Crippen LogP contribution in [0.15, 0.2) is 48.5 Å². The molecule has 1 aromatic heterocycles. The van der Waals surface area contributed by atoms with E-state index in [4.69, 9.17) is 4.98 Å². The average Bonchev–Trinajstić information content (AvgIpc) is 2.44. The maximum Gasteiger partial charge on any atom is 0.123 e. The number of fused-ring (bicyclic) bond motifs is 1. The molecule has 1 heterocycles. The van der Waals surface area contributed by atoms with Crippen LogP contribution in [0.3, 0.4) is 0 Å². The quantitative estimate of drug-likeness (QED) is 0.608. The van der Waals surface area contributed by atoms with E-state index in [2.05, 4.69) is 19.9 Å². The summed E-state index contributed by atoms with van der Waals surface area (Å²) >= 11 is 0. The fourth-order valence-corrected chi connectivity index (χ4v) is 2.36. The van der Waals surface area contributed by atoms with E-state index in [9.17, 15) is 4.39 Å². The molecule has 0 bridgehead atoms. The Morgan fingerprint density at radius 2 is 1.50 bits per heavy atom. The van der Waals surface area contributed by atoms with Crippen LogP contribution in [0.4, 0.5) is 4.39 Å². The summed E-state index contributed by atoms with van der Waals surface area (Å²) < 4.78 is 13.0. The number of hydrogen-bond acceptors (Lipinski definition) is 1. The molecule has 3 heteroatoms. The molecule has 0 saturated heterocycles. The first-order chi connectivity index (χ1) is 9.16. The van der Waals surface area contributed by atoms with Gasteiger partial charge in [-0.15, -0.1) is 12.4 Å². The molecule has 0 fully saturated rings. The third-order valence-corrected chi connectivity index (χ3v) is 3.58. The van der Waals surface area contributed by atoms with E-state index in [1.165, 1.54) is 23.1 Å². The van der Waals surface area contributed by atoms with Gasteiger partial charge in [0.25, 0.3) is 0 Å². The van der Waals surface area contributed by atoms with Crippen molar-refractivity contribution in [3.63, 3.8) is 0 Å². The van der Waals surface area contributed by atoms with Crippen molar-refractivity contribution >= 4 is 23.3 Å². The van der Waals surface area contributed by atoms with Gasteiger partial charge >= 0.3 is 0 Å². The van der Waals surface area contributed by atoms with Gasteiger partial charge in [0.05, 0.1) is 11.2 Å². The maximum absolute atomic E-state index is 13.0. The van der Waals surface area contributed by atoms with E-state index in [1.807, 2.05) is 18.2 Å². The standard InChI is InChI=1S/C17H14FN.ClH/c1-11-12(2)17(13-7-9-14(18)10-8-13)19-16-6-4-3-5-15(11)16;/h3-10H,1-2H3;1H. The Bertz CT molecular complexity index is 751. The summed E-state index contributed by atoms with van der Waals surface area (Å²) in [5.74, 6) is -0.223. The molecule has 1 nitrogen and oxygen atoms in total. The summed E-state index contributed by atoms with van der Waals surface area (Å²) in [4.78, 5) is 4.71. The minimum atomic E-state index is -0.223. The predicted molar refractivity (Wildman–Crippen MR) is 83.9 cm³/mol. The van der Waals surface area contributed by atoms with Crippen LogP contribution in [0.5, 0.6) is 0 Å². The van der Waals surface area contributed by atoms with Crippen molar-refractivity contribution in [1.29, 1.82) is 0 Å². The van der Waals surface area contributed by atoms with Crippen molar-refractivity contribution < 1.29 is 4.39 Å². The molecule has 0 spiro atoms. The number of pyridine rings is 1. The highest BCUT2D eigenvalue weighted by Crippen LogP contribution is 2.28. The van der Waals surface area contributed by atoms with Crippen molar-refractivity contribution in [3.05, 3.63) is 65.5 Å². The normalized spacial score (nSPS) is 10.3. The smallest absolute Gasteiger partial charge is 0.123 e. The molecular formula is C17H15ClFN. The monoisotopic (exact) mass is 287 g/mol. The van der Waals surface area contributed by atoms with Gasteiger partial charge in [0, 0.05) is 10.9 Å². The Balaban J connectivity index is 0.00000147. The first kappa shape index (κ1) is 14.5. The van der Waals surface area contributed by atoms with E-state index in [0.29, 0.717) is 0 Å². The molecule has 0 unspecified atom stereocenters. The largest absolute Gasteiger partial charge is 0.247 e. The topological polar surface area (TPSA) is 12.9 Å². The van der Waals surface area contributed by atoms with Crippen LogP contribution >= 0.6 is 12.4 Å². The first-order valence-electron chi connectivity index (χ1n) is 6.28. The molecular weight excluding hydrogens is 273 g/mol. The molecule has 2 aromatic carbocycles. The van der Waals surface area contributed by atoms with Gasteiger partial charge in [-0.3, -0.25) is 0 Å². The molecule has 0 atom stereocenters. The second-order valence-corrected chi connectivity index (χ2v) is 4.73. The number of aryl methyl sites for hydroxylation is 1. The summed E-state index contributed by atoms with van der Waals surface area (Å²) in [6, 6.07) is 14.6. The summed E-state index contributed by atoms with van der Waals surface area (Å²) in [6.45, 7) is 4.17. The van der Waals surface area contributed by atoms with Crippen LogP contribution in [-0.4, -0.2) is 4.98 Å². The third-order valence-electron chi connectivity index (χ3n) is 3.58. The van der Waals surface area contributed by atoms with E-state index in [1.54, 1.807) is 12.1 Å². The summed E-state index contributed by atoms with van der Waals surface area (Å²) in [7, 11) is 0. The lowest BCUT2D eigenvalue weighted by Crippen LogP contribution is -1.94. The highest BCUT2D eigenvalue weighted by molar-refractivity contribution is 5.86. The highest BCUT2D eigenvalue weighted by Gasteiger charge is 2.10. The predicted octanol–water partition coefficient (Wildman–Crippen LogP) is 5.08. The minimum Gasteiger partial charge on any atom is -0.247 e. The summed E-state index contributed by atoms with van der Waals surface area (Å²) in [5.41, 5.74) is 5.23. The van der Waals surface area contributed by atoms with Crippen molar-refractivity contribution in [2.24, 2.45) is 0 Å². The van der Waals surface area contributed by atoms with Crippen LogP contribution in [0.1, 0.15) is 11.1 Å². The molecule has 0 aliphatic heterocycles. The minimum absolute atomic E-state index is 0. The zero-order valence-electron chi connectivity index (χ0n) is 11.4. The summed E-state index contributed by atoms with van der Waals surface area (Å²) in [6.07, 6.45) is 0. The van der Waals surface area contributed by atoms with Crippen molar-refractivity contribution in [3.8, 4) is 11.3 Å². The lowest BCUT2D eigenvalue weighted by Gasteiger charge is -2.11. The summed E-state index contributed by atoms with van der Waals surface area (Å²) in [5, 5.41) is 1.17. The van der Waals surface area contributed by atoms with E-state index in [0.717, 1.165) is 22.3 Å². The number of rotatable bonds is 1. The van der Waals surface area contributed by atoms with Gasteiger partial charge in [-0.25, -0.2) is 9.37 Å². The zero-order valence-corrected chi connectivity index (χ0v) is 12.2. The lowest BCUT2D eigenvalue weighted by molar-refractivity contribution is 0.628. The Labute approximate surface area is 123 Å². The van der Waals surface area contributed by atoms with E-state index < -0.39 is 0 Å². The molecule has 0 N–H and O–H groups in total. The van der Waals surface area contributed by atoms with Crippen molar-refractivity contribution in [1.82, 2.24) is 4.98 Å². The number of para-hydroxylation sites is 1. The number of aromatic nitrogens is 1. The lowest BCUT2D eigenvalue weighted by atomic mass is 9.99. The molecule has 20 heavy (non-hydrogen) atoms. The van der Waals surface area contributed by atoms with Crippen molar-refractivity contribution in [2.45, 2.75) is 13.8 Å². The van der Waals surface area contributed by atoms with Crippen LogP contribution in [-0.2, 0) is 0 Å². The number of halogens is 2. The van der Waals surface area contributed by atoms with Crippen LogP contribution in [0, 0.1) is 19.7 Å². The highest BCUT2D eigenvalue weighted by atomic mass is 35.5. The molecule has 0 amide bonds. The van der Waals surface area contributed by atoms with Gasteiger partial charge in [-0.1, -0.05) is 18.2 Å². The molecule has 3 rings (SSSR count). The van der Waals surface area contributed by atoms with Crippen LogP contribution < -0.4 is 0 Å². The Hall–Kier alpha value is -1.93. The molecule has 0 radical (unpaired) electrons. The molecule has 3 aromatic rings. The fourth-order valence-electron chi connectivity index (χ4n) is 2.36. The SMILES string of the molecule is Cc1c(-c2ccc(F)cc2)nc2ccccc2c1C.Cl.